The van der Waals surface area contributed by atoms with Crippen LogP contribution < -0.4 is 5.32 Å². The first kappa shape index (κ1) is 13.4. The molecule has 3 nitrogen and oxygen atoms in total. The molecule has 2 unspecified atom stereocenters. The molecule has 0 saturated heterocycles. The molecule has 1 aromatic rings. The van der Waals surface area contributed by atoms with Crippen LogP contribution in [0.15, 0.2) is 18.2 Å². The Labute approximate surface area is 98.9 Å². The molecule has 0 aliphatic rings. The SMILES string of the molecule is CNCCC(O)C(O)c1c(F)cccc1Cl. The van der Waals surface area contributed by atoms with Crippen LogP contribution in [0.4, 0.5) is 4.39 Å². The van der Waals surface area contributed by atoms with E-state index in [1.54, 1.807) is 7.05 Å². The molecule has 5 heteroatoms. The van der Waals surface area contributed by atoms with Crippen LogP contribution in [0.25, 0.3) is 0 Å². The number of benzene rings is 1. The third-order valence-electron chi connectivity index (χ3n) is 2.35. The molecule has 0 saturated carbocycles. The van der Waals surface area contributed by atoms with Gasteiger partial charge in [0.25, 0.3) is 0 Å². The Bertz CT molecular complexity index is 329. The van der Waals surface area contributed by atoms with E-state index in [4.69, 9.17) is 11.6 Å². The van der Waals surface area contributed by atoms with Crippen LogP contribution in [-0.4, -0.2) is 29.9 Å². The van der Waals surface area contributed by atoms with E-state index in [2.05, 4.69) is 5.32 Å². The van der Waals surface area contributed by atoms with Crippen molar-refractivity contribution in [2.24, 2.45) is 0 Å². The Kier molecular flexibility index (Phi) is 5.15. The summed E-state index contributed by atoms with van der Waals surface area (Å²) in [4.78, 5) is 0. The quantitative estimate of drug-likeness (QED) is 0.739. The first-order chi connectivity index (χ1) is 7.57. The summed E-state index contributed by atoms with van der Waals surface area (Å²) in [7, 11) is 1.73. The summed E-state index contributed by atoms with van der Waals surface area (Å²) < 4.78 is 13.4. The molecule has 0 aromatic heterocycles. The van der Waals surface area contributed by atoms with Gasteiger partial charge in [0.05, 0.1) is 6.10 Å². The fraction of sp³-hybridized carbons (Fsp3) is 0.455. The molecule has 0 aliphatic carbocycles. The Balaban J connectivity index is 2.82. The molecule has 0 aliphatic heterocycles. The smallest absolute Gasteiger partial charge is 0.130 e. The Morgan fingerprint density at radius 3 is 2.69 bits per heavy atom. The molecule has 16 heavy (non-hydrogen) atoms. The monoisotopic (exact) mass is 247 g/mol. The standard InChI is InChI=1S/C11H15ClFNO2/c1-14-6-5-9(15)11(16)10-7(12)3-2-4-8(10)13/h2-4,9,11,14-16H,5-6H2,1H3. The molecule has 1 aromatic carbocycles. The fourth-order valence-corrected chi connectivity index (χ4v) is 1.71. The summed E-state index contributed by atoms with van der Waals surface area (Å²) in [6, 6.07) is 4.14. The lowest BCUT2D eigenvalue weighted by Gasteiger charge is -2.19. The highest BCUT2D eigenvalue weighted by molar-refractivity contribution is 6.31. The Morgan fingerprint density at radius 2 is 2.12 bits per heavy atom. The van der Waals surface area contributed by atoms with Crippen molar-refractivity contribution in [3.05, 3.63) is 34.6 Å². The molecule has 0 heterocycles. The number of aliphatic hydroxyl groups is 2. The van der Waals surface area contributed by atoms with Gasteiger partial charge in [-0.25, -0.2) is 4.39 Å². The fourth-order valence-electron chi connectivity index (χ4n) is 1.44. The van der Waals surface area contributed by atoms with Crippen molar-refractivity contribution in [1.82, 2.24) is 5.32 Å². The van der Waals surface area contributed by atoms with Crippen molar-refractivity contribution < 1.29 is 14.6 Å². The van der Waals surface area contributed by atoms with E-state index in [1.165, 1.54) is 18.2 Å². The van der Waals surface area contributed by atoms with Crippen LogP contribution in [0.3, 0.4) is 0 Å². The number of halogens is 2. The van der Waals surface area contributed by atoms with Crippen LogP contribution in [0, 0.1) is 5.82 Å². The predicted molar refractivity (Wildman–Crippen MR) is 60.9 cm³/mol. The molecule has 0 fully saturated rings. The zero-order valence-electron chi connectivity index (χ0n) is 8.95. The van der Waals surface area contributed by atoms with Crippen LogP contribution in [-0.2, 0) is 0 Å². The normalized spacial score (nSPS) is 14.8. The lowest BCUT2D eigenvalue weighted by molar-refractivity contribution is 0.0121. The van der Waals surface area contributed by atoms with Crippen molar-refractivity contribution >= 4 is 11.6 Å². The molecule has 2 atom stereocenters. The number of aliphatic hydroxyl groups excluding tert-OH is 2. The lowest BCUT2D eigenvalue weighted by Crippen LogP contribution is -2.24. The van der Waals surface area contributed by atoms with Crippen LogP contribution in [0.1, 0.15) is 18.1 Å². The highest BCUT2D eigenvalue weighted by Crippen LogP contribution is 2.28. The molecule has 0 spiro atoms. The topological polar surface area (TPSA) is 52.5 Å². The third kappa shape index (κ3) is 3.15. The molecule has 1 rings (SSSR count). The Hall–Kier alpha value is -0.680. The van der Waals surface area contributed by atoms with Gasteiger partial charge < -0.3 is 15.5 Å². The average Bonchev–Trinajstić information content (AvgIpc) is 2.25. The summed E-state index contributed by atoms with van der Waals surface area (Å²) in [5.74, 6) is -0.608. The van der Waals surface area contributed by atoms with Crippen molar-refractivity contribution in [3.8, 4) is 0 Å². The molecule has 3 N–H and O–H groups in total. The van der Waals surface area contributed by atoms with Gasteiger partial charge in [-0.1, -0.05) is 17.7 Å². The minimum Gasteiger partial charge on any atom is -0.390 e. The second-order valence-electron chi connectivity index (χ2n) is 3.54. The Morgan fingerprint density at radius 1 is 1.44 bits per heavy atom. The summed E-state index contributed by atoms with van der Waals surface area (Å²) in [6.07, 6.45) is -2.02. The minimum atomic E-state index is -1.30. The van der Waals surface area contributed by atoms with E-state index < -0.39 is 18.0 Å². The molecule has 90 valence electrons. The molecular formula is C11H15ClFNO2. The van der Waals surface area contributed by atoms with Gasteiger partial charge in [0.1, 0.15) is 11.9 Å². The largest absolute Gasteiger partial charge is 0.390 e. The van der Waals surface area contributed by atoms with Gasteiger partial charge in [-0.05, 0) is 32.1 Å². The van der Waals surface area contributed by atoms with Crippen molar-refractivity contribution in [3.63, 3.8) is 0 Å². The van der Waals surface area contributed by atoms with Crippen LogP contribution in [0.5, 0.6) is 0 Å². The zero-order chi connectivity index (χ0) is 12.1. The summed E-state index contributed by atoms with van der Waals surface area (Å²) in [5.41, 5.74) is -0.0484. The second kappa shape index (κ2) is 6.15. The highest BCUT2D eigenvalue weighted by atomic mass is 35.5. The van der Waals surface area contributed by atoms with Gasteiger partial charge in [0.2, 0.25) is 0 Å². The predicted octanol–water partition coefficient (Wildman–Crippen LogP) is 1.48. The van der Waals surface area contributed by atoms with Gasteiger partial charge in [0.15, 0.2) is 0 Å². The van der Waals surface area contributed by atoms with Gasteiger partial charge in [-0.3, -0.25) is 0 Å². The van der Waals surface area contributed by atoms with E-state index in [9.17, 15) is 14.6 Å². The second-order valence-corrected chi connectivity index (χ2v) is 3.95. The van der Waals surface area contributed by atoms with Crippen LogP contribution >= 0.6 is 11.6 Å². The van der Waals surface area contributed by atoms with Crippen molar-refractivity contribution in [2.75, 3.05) is 13.6 Å². The van der Waals surface area contributed by atoms with E-state index in [0.717, 1.165) is 0 Å². The molecular weight excluding hydrogens is 233 g/mol. The average molecular weight is 248 g/mol. The maximum Gasteiger partial charge on any atom is 0.130 e. The lowest BCUT2D eigenvalue weighted by atomic mass is 10.0. The number of hydrogen-bond acceptors (Lipinski definition) is 3. The van der Waals surface area contributed by atoms with Crippen molar-refractivity contribution in [1.29, 1.82) is 0 Å². The summed E-state index contributed by atoms with van der Waals surface area (Å²) >= 11 is 5.78. The zero-order valence-corrected chi connectivity index (χ0v) is 9.71. The number of nitrogens with one attached hydrogen (secondary N) is 1. The van der Waals surface area contributed by atoms with Crippen LogP contribution in [0.2, 0.25) is 5.02 Å². The minimum absolute atomic E-state index is 0.0484. The number of hydrogen-bond donors (Lipinski definition) is 3. The first-order valence-corrected chi connectivity index (χ1v) is 5.40. The van der Waals surface area contributed by atoms with Gasteiger partial charge >= 0.3 is 0 Å². The van der Waals surface area contributed by atoms with Gasteiger partial charge in [-0.15, -0.1) is 0 Å². The first-order valence-electron chi connectivity index (χ1n) is 5.02. The summed E-state index contributed by atoms with van der Waals surface area (Å²) in [5, 5.41) is 22.4. The van der Waals surface area contributed by atoms with Gasteiger partial charge in [-0.2, -0.15) is 0 Å². The summed E-state index contributed by atoms with van der Waals surface area (Å²) in [6.45, 7) is 0.532. The molecule has 0 amide bonds. The van der Waals surface area contributed by atoms with Crippen molar-refractivity contribution in [2.45, 2.75) is 18.6 Å². The van der Waals surface area contributed by atoms with E-state index >= 15 is 0 Å². The van der Waals surface area contributed by atoms with E-state index in [0.29, 0.717) is 13.0 Å². The maximum absolute atomic E-state index is 13.4. The molecule has 0 radical (unpaired) electrons. The highest BCUT2D eigenvalue weighted by Gasteiger charge is 2.23. The van der Waals surface area contributed by atoms with E-state index in [1.807, 2.05) is 0 Å². The molecule has 0 bridgehead atoms. The maximum atomic E-state index is 13.4. The van der Waals surface area contributed by atoms with Gasteiger partial charge in [0, 0.05) is 10.6 Å². The third-order valence-corrected chi connectivity index (χ3v) is 2.68. The van der Waals surface area contributed by atoms with E-state index in [-0.39, 0.29) is 10.6 Å². The number of rotatable bonds is 5.